The first-order valence-corrected chi connectivity index (χ1v) is 9.81. The third-order valence-corrected chi connectivity index (χ3v) is 4.39. The summed E-state index contributed by atoms with van der Waals surface area (Å²) in [5, 5.41) is 5.04. The topological polar surface area (TPSA) is 87.7 Å². The first kappa shape index (κ1) is 24.7. The fraction of sp³-hybridized carbons (Fsp3) is 0.318. The number of halogens is 3. The van der Waals surface area contributed by atoms with Gasteiger partial charge in [-0.05, 0) is 55.0 Å². The molecule has 0 saturated carbocycles. The summed E-state index contributed by atoms with van der Waals surface area (Å²) in [5.74, 6) is -0.966. The van der Waals surface area contributed by atoms with Crippen molar-refractivity contribution in [2.24, 2.45) is 0 Å². The molecule has 0 aliphatic carbocycles. The maximum atomic E-state index is 12.7. The lowest BCUT2D eigenvalue weighted by Crippen LogP contribution is -2.43. The number of hydrogen-bond acceptors (Lipinski definition) is 4. The van der Waals surface area contributed by atoms with Crippen LogP contribution >= 0.6 is 0 Å². The molecule has 32 heavy (non-hydrogen) atoms. The molecule has 0 heterocycles. The van der Waals surface area contributed by atoms with Gasteiger partial charge in [-0.25, -0.2) is 0 Å². The zero-order chi connectivity index (χ0) is 23.7. The van der Waals surface area contributed by atoms with Crippen molar-refractivity contribution in [3.63, 3.8) is 0 Å². The van der Waals surface area contributed by atoms with Crippen molar-refractivity contribution < 1.29 is 32.3 Å². The van der Waals surface area contributed by atoms with Gasteiger partial charge in [-0.15, -0.1) is 0 Å². The Balaban J connectivity index is 1.91. The van der Waals surface area contributed by atoms with Crippen LogP contribution in [0.2, 0.25) is 0 Å². The Kier molecular flexibility index (Phi) is 8.62. The Morgan fingerprint density at radius 1 is 0.969 bits per heavy atom. The van der Waals surface area contributed by atoms with E-state index in [4.69, 9.17) is 4.74 Å². The van der Waals surface area contributed by atoms with Crippen LogP contribution in [0.15, 0.2) is 48.5 Å². The van der Waals surface area contributed by atoms with Crippen LogP contribution in [0.4, 0.5) is 18.9 Å². The number of alkyl halides is 3. The summed E-state index contributed by atoms with van der Waals surface area (Å²) in [6, 6.07) is 10.4. The lowest BCUT2D eigenvalue weighted by atomic mass is 10.1. The molecule has 2 rings (SSSR count). The van der Waals surface area contributed by atoms with Gasteiger partial charge < -0.3 is 20.3 Å². The SMILES string of the molecule is CCCN(CC(=O)NCC(=O)Nc1ccc(OC)cc1)C(=O)c1ccc(C(F)(F)F)cc1. The summed E-state index contributed by atoms with van der Waals surface area (Å²) >= 11 is 0. The molecule has 0 bridgehead atoms. The Morgan fingerprint density at radius 2 is 1.59 bits per heavy atom. The van der Waals surface area contributed by atoms with E-state index in [2.05, 4.69) is 10.6 Å². The molecule has 10 heteroatoms. The van der Waals surface area contributed by atoms with E-state index in [0.717, 1.165) is 24.3 Å². The van der Waals surface area contributed by atoms with Crippen molar-refractivity contribution in [3.05, 3.63) is 59.7 Å². The molecule has 0 aromatic heterocycles. The van der Waals surface area contributed by atoms with Crippen molar-refractivity contribution in [2.45, 2.75) is 19.5 Å². The van der Waals surface area contributed by atoms with Crippen molar-refractivity contribution in [2.75, 3.05) is 32.1 Å². The van der Waals surface area contributed by atoms with Gasteiger partial charge in [0.05, 0.1) is 25.8 Å². The highest BCUT2D eigenvalue weighted by Gasteiger charge is 2.30. The van der Waals surface area contributed by atoms with Crippen LogP contribution < -0.4 is 15.4 Å². The zero-order valence-electron chi connectivity index (χ0n) is 17.7. The summed E-state index contributed by atoms with van der Waals surface area (Å²) in [7, 11) is 1.52. The van der Waals surface area contributed by atoms with Gasteiger partial charge in [0.1, 0.15) is 5.75 Å². The van der Waals surface area contributed by atoms with Crippen molar-refractivity contribution in [1.29, 1.82) is 0 Å². The van der Waals surface area contributed by atoms with Crippen molar-refractivity contribution in [1.82, 2.24) is 10.2 Å². The van der Waals surface area contributed by atoms with E-state index in [0.29, 0.717) is 17.9 Å². The molecule has 2 N–H and O–H groups in total. The van der Waals surface area contributed by atoms with E-state index in [1.54, 1.807) is 31.2 Å². The maximum absolute atomic E-state index is 12.7. The summed E-state index contributed by atoms with van der Waals surface area (Å²) in [5.41, 5.74) is -0.302. The predicted molar refractivity (Wildman–Crippen MR) is 112 cm³/mol. The number of ether oxygens (including phenoxy) is 1. The maximum Gasteiger partial charge on any atom is 0.416 e. The molecular formula is C22H24F3N3O4. The smallest absolute Gasteiger partial charge is 0.416 e. The van der Waals surface area contributed by atoms with Gasteiger partial charge in [-0.1, -0.05) is 6.92 Å². The molecule has 0 radical (unpaired) electrons. The second-order valence-corrected chi connectivity index (χ2v) is 6.86. The van der Waals surface area contributed by atoms with Crippen LogP contribution in [-0.4, -0.2) is 49.4 Å². The second-order valence-electron chi connectivity index (χ2n) is 6.86. The molecule has 3 amide bonds. The fourth-order valence-electron chi connectivity index (χ4n) is 2.79. The number of methoxy groups -OCH3 is 1. The molecule has 0 aliphatic heterocycles. The van der Waals surface area contributed by atoms with Gasteiger partial charge in [0.15, 0.2) is 0 Å². The first-order chi connectivity index (χ1) is 15.1. The molecule has 7 nitrogen and oxygen atoms in total. The minimum atomic E-state index is -4.50. The molecular weight excluding hydrogens is 427 g/mol. The van der Waals surface area contributed by atoms with Gasteiger partial charge in [0.2, 0.25) is 11.8 Å². The van der Waals surface area contributed by atoms with Gasteiger partial charge in [0, 0.05) is 17.8 Å². The van der Waals surface area contributed by atoms with Crippen LogP contribution in [0.25, 0.3) is 0 Å². The van der Waals surface area contributed by atoms with E-state index in [-0.39, 0.29) is 25.2 Å². The van der Waals surface area contributed by atoms with Gasteiger partial charge in [0.25, 0.3) is 5.91 Å². The molecule has 2 aromatic rings. The molecule has 0 fully saturated rings. The average molecular weight is 451 g/mol. The Hall–Kier alpha value is -3.56. The Morgan fingerprint density at radius 3 is 2.12 bits per heavy atom. The van der Waals surface area contributed by atoms with E-state index >= 15 is 0 Å². The second kappa shape index (κ2) is 11.2. The van der Waals surface area contributed by atoms with Crippen LogP contribution in [0.1, 0.15) is 29.3 Å². The molecule has 2 aromatic carbocycles. The van der Waals surface area contributed by atoms with Gasteiger partial charge in [-0.2, -0.15) is 13.2 Å². The highest BCUT2D eigenvalue weighted by atomic mass is 19.4. The van der Waals surface area contributed by atoms with E-state index < -0.39 is 29.5 Å². The minimum absolute atomic E-state index is 0.0384. The fourth-order valence-corrected chi connectivity index (χ4v) is 2.79. The monoisotopic (exact) mass is 451 g/mol. The van der Waals surface area contributed by atoms with Crippen LogP contribution in [0.5, 0.6) is 5.75 Å². The van der Waals surface area contributed by atoms with E-state index in [1.165, 1.54) is 12.0 Å². The summed E-state index contributed by atoms with van der Waals surface area (Å²) in [4.78, 5) is 38.1. The number of rotatable bonds is 9. The number of nitrogens with zero attached hydrogens (tertiary/aromatic N) is 1. The number of carbonyl (C=O) groups is 3. The first-order valence-electron chi connectivity index (χ1n) is 9.81. The van der Waals surface area contributed by atoms with E-state index in [1.807, 2.05) is 0 Å². The standard InChI is InChI=1S/C22H24F3N3O4/c1-3-12-28(21(31)15-4-6-16(7-5-15)22(23,24)25)14-20(30)26-13-19(29)27-17-8-10-18(32-2)11-9-17/h4-11H,3,12-14H2,1-2H3,(H,26,30)(H,27,29). The number of benzene rings is 2. The molecule has 0 saturated heterocycles. The summed E-state index contributed by atoms with van der Waals surface area (Å²) in [6.07, 6.45) is -3.96. The number of amides is 3. The molecule has 172 valence electrons. The molecule has 0 unspecified atom stereocenters. The largest absolute Gasteiger partial charge is 0.497 e. The lowest BCUT2D eigenvalue weighted by molar-refractivity contribution is -0.137. The third-order valence-electron chi connectivity index (χ3n) is 4.39. The van der Waals surface area contributed by atoms with Crippen LogP contribution in [0.3, 0.4) is 0 Å². The number of nitrogens with one attached hydrogen (secondary N) is 2. The average Bonchev–Trinajstić information content (AvgIpc) is 2.77. The molecule has 0 aliphatic rings. The number of hydrogen-bond donors (Lipinski definition) is 2. The normalized spacial score (nSPS) is 10.9. The minimum Gasteiger partial charge on any atom is -0.497 e. The quantitative estimate of drug-likeness (QED) is 0.612. The Labute approximate surface area is 183 Å². The molecule has 0 atom stereocenters. The van der Waals surface area contributed by atoms with Gasteiger partial charge in [-0.3, -0.25) is 14.4 Å². The summed E-state index contributed by atoms with van der Waals surface area (Å²) < 4.78 is 43.2. The Bertz CT molecular complexity index is 929. The molecule has 0 spiro atoms. The van der Waals surface area contributed by atoms with Crippen LogP contribution in [0, 0.1) is 0 Å². The number of carbonyl (C=O) groups excluding carboxylic acids is 3. The van der Waals surface area contributed by atoms with Crippen molar-refractivity contribution in [3.8, 4) is 5.75 Å². The highest BCUT2D eigenvalue weighted by molar-refractivity contribution is 5.98. The predicted octanol–water partition coefficient (Wildman–Crippen LogP) is 3.32. The van der Waals surface area contributed by atoms with Crippen molar-refractivity contribution >= 4 is 23.4 Å². The van der Waals surface area contributed by atoms with Crippen LogP contribution in [-0.2, 0) is 15.8 Å². The number of anilines is 1. The highest BCUT2D eigenvalue weighted by Crippen LogP contribution is 2.29. The van der Waals surface area contributed by atoms with E-state index in [9.17, 15) is 27.6 Å². The summed E-state index contributed by atoms with van der Waals surface area (Å²) in [6.45, 7) is 1.39. The van der Waals surface area contributed by atoms with Gasteiger partial charge >= 0.3 is 6.18 Å². The third kappa shape index (κ3) is 7.29. The lowest BCUT2D eigenvalue weighted by Gasteiger charge is -2.22. The zero-order valence-corrected chi connectivity index (χ0v) is 17.7.